The first-order valence-electron chi connectivity index (χ1n) is 30.5. The maximum Gasteiger partial charge on any atom is 0.495 e. The van der Waals surface area contributed by atoms with Gasteiger partial charge in [-0.25, -0.2) is 37.1 Å². The smallest absolute Gasteiger partial charge is 0.399 e. The number of nitrogens with one attached hydrogen (secondary N) is 2. The van der Waals surface area contributed by atoms with Gasteiger partial charge in [0, 0.05) is 105 Å². The number of rotatable bonds is 10. The second-order valence-electron chi connectivity index (χ2n) is 25.7. The average molecular weight is 1390 g/mol. The van der Waals surface area contributed by atoms with Crippen molar-refractivity contribution >= 4 is 81.9 Å². The van der Waals surface area contributed by atoms with Gasteiger partial charge in [-0.1, -0.05) is 31.5 Å². The third-order valence-corrected chi connectivity index (χ3v) is 18.8. The van der Waals surface area contributed by atoms with Crippen molar-refractivity contribution in [3.63, 3.8) is 0 Å². The van der Waals surface area contributed by atoms with Crippen LogP contribution in [0.5, 0.6) is 0 Å². The van der Waals surface area contributed by atoms with Crippen molar-refractivity contribution in [1.29, 1.82) is 0 Å². The second kappa shape index (κ2) is 27.5. The summed E-state index contributed by atoms with van der Waals surface area (Å²) in [5, 5.41) is 5.62. The van der Waals surface area contributed by atoms with Crippen LogP contribution in [0.4, 0.5) is 88.1 Å². The number of alkyl halides is 10. The Balaban J connectivity index is 0.000000169. The number of likely N-dealkylation sites (tertiary alicyclic amines) is 2. The van der Waals surface area contributed by atoms with E-state index in [1.165, 1.54) is 16.7 Å². The molecule has 0 aliphatic carbocycles. The minimum atomic E-state index is -4.25. The molecule has 0 saturated carbocycles. The largest absolute Gasteiger partial charge is 0.495 e. The number of morpholine rings is 2. The van der Waals surface area contributed by atoms with Crippen LogP contribution in [0.15, 0.2) is 60.7 Å². The van der Waals surface area contributed by atoms with Gasteiger partial charge in [0.15, 0.2) is 0 Å². The highest BCUT2D eigenvalue weighted by atomic mass is 127. The van der Waals surface area contributed by atoms with Gasteiger partial charge in [0.2, 0.25) is 0 Å². The number of carbonyl (C=O) groups excluding carboxylic acids is 2. The lowest BCUT2D eigenvalue weighted by Crippen LogP contribution is -2.41. The standard InChI is InChI=1S/C28H34F5N5O2.C20H28BF3N2O3.C14H18F2IN3O/c1-18-3-4-22(34-26(39)37-6-5-20(16-37)14-28(31,32)33)13-23(18)21-11-24(36-7-9-40-10-8-36)35-25(12-21)38-15-19(2)27(29,30)17-38;1-13-6-7-15(10-16(13)21-28-18(2,3)19(4,5)29-21)25-17(27)26-9-8-14(12-26)11-20(22,23)24;1-10-8-20(9-14(10,15)16)13-7-11(17)6-12(18-13)19-2-4-21-5-3-19/h3-4,11-13,19-20H,5-10,14-17H2,1-2H3,(H,34,39);6-7,10,14H,8-9,11-12H2,1-5H3,(H,25,27);6-7,10H,2-5,8-9H2,1H3/t19?,20-;14-;/m00./s1. The third kappa shape index (κ3) is 17.4. The number of hydrogen-bond donors (Lipinski definition) is 2. The molecule has 7 aliphatic rings. The van der Waals surface area contributed by atoms with E-state index in [9.17, 15) is 53.5 Å². The number of amides is 4. The minimum Gasteiger partial charge on any atom is -0.399 e. The number of halogens is 11. The Labute approximate surface area is 533 Å². The molecule has 9 heterocycles. The Morgan fingerprint density at radius 3 is 1.40 bits per heavy atom. The van der Waals surface area contributed by atoms with Crippen LogP contribution in [0, 0.1) is 41.1 Å². The van der Waals surface area contributed by atoms with Crippen molar-refractivity contribution in [1.82, 2.24) is 19.8 Å². The van der Waals surface area contributed by atoms with Crippen LogP contribution in [-0.2, 0) is 18.8 Å². The van der Waals surface area contributed by atoms with Gasteiger partial charge in [0.1, 0.15) is 23.3 Å². The third-order valence-electron chi connectivity index (χ3n) is 18.1. The quantitative estimate of drug-likeness (QED) is 0.0887. The summed E-state index contributed by atoms with van der Waals surface area (Å²) >= 11 is 2.22. The predicted molar refractivity (Wildman–Crippen MR) is 336 cm³/mol. The fourth-order valence-electron chi connectivity index (χ4n) is 12.0. The summed E-state index contributed by atoms with van der Waals surface area (Å²) in [7, 11) is -0.556. The molecule has 4 amide bonds. The molecule has 4 atom stereocenters. The summed E-state index contributed by atoms with van der Waals surface area (Å²) in [6.45, 7) is 20.8. The minimum absolute atomic E-state index is 0.0551. The molecule has 16 nitrogen and oxygen atoms in total. The molecule has 28 heteroatoms. The summed E-state index contributed by atoms with van der Waals surface area (Å²) in [6.07, 6.45) is -9.54. The van der Waals surface area contributed by atoms with Gasteiger partial charge in [-0.2, -0.15) is 26.3 Å². The molecule has 90 heavy (non-hydrogen) atoms. The van der Waals surface area contributed by atoms with Gasteiger partial charge in [0.25, 0.3) is 11.8 Å². The van der Waals surface area contributed by atoms with E-state index < -0.39 is 97.6 Å². The Morgan fingerprint density at radius 2 is 0.978 bits per heavy atom. The van der Waals surface area contributed by atoms with Crippen molar-refractivity contribution in [2.45, 2.75) is 116 Å². The maximum atomic E-state index is 14.4. The van der Waals surface area contributed by atoms with Gasteiger partial charge in [-0.15, -0.1) is 0 Å². The van der Waals surface area contributed by atoms with E-state index in [0.29, 0.717) is 94.3 Å². The highest BCUT2D eigenvalue weighted by Crippen LogP contribution is 2.41. The van der Waals surface area contributed by atoms with Crippen molar-refractivity contribution in [2.75, 3.05) is 135 Å². The lowest BCUT2D eigenvalue weighted by molar-refractivity contribution is -0.144. The molecule has 7 fully saturated rings. The number of nitrogens with zero attached hydrogens (tertiary/aromatic N) is 8. The number of anilines is 6. The van der Waals surface area contributed by atoms with Crippen LogP contribution in [0.25, 0.3) is 11.1 Å². The number of ether oxygens (including phenoxy) is 2. The number of aryl methyl sites for hydroxylation is 2. The number of pyridine rings is 2. The fourth-order valence-corrected chi connectivity index (χ4v) is 12.5. The topological polar surface area (TPSA) is 140 Å². The van der Waals surface area contributed by atoms with E-state index in [4.69, 9.17) is 23.8 Å². The summed E-state index contributed by atoms with van der Waals surface area (Å²) in [5.74, 6) is -5.41. The maximum absolute atomic E-state index is 14.4. The van der Waals surface area contributed by atoms with Crippen LogP contribution in [-0.4, -0.2) is 179 Å². The molecule has 2 aromatic heterocycles. The number of urea groups is 2. The molecule has 2 aromatic carbocycles. The first-order chi connectivity index (χ1) is 42.1. The zero-order chi connectivity index (χ0) is 65.3. The first kappa shape index (κ1) is 68.8. The van der Waals surface area contributed by atoms with Crippen molar-refractivity contribution in [3.05, 3.63) is 75.4 Å². The normalized spacial score (nSPS) is 23.8. The Kier molecular flexibility index (Phi) is 21.0. The Morgan fingerprint density at radius 1 is 0.578 bits per heavy atom. The van der Waals surface area contributed by atoms with Gasteiger partial charge >= 0.3 is 31.5 Å². The first-order valence-corrected chi connectivity index (χ1v) is 31.6. The van der Waals surface area contributed by atoms with Crippen LogP contribution in [0.2, 0.25) is 0 Å². The average Bonchev–Trinajstić information content (AvgIpc) is 2.00. The highest BCUT2D eigenvalue weighted by Gasteiger charge is 2.52. The van der Waals surface area contributed by atoms with E-state index in [-0.39, 0.29) is 32.7 Å². The zero-order valence-electron chi connectivity index (χ0n) is 52.0. The van der Waals surface area contributed by atoms with E-state index in [1.807, 2.05) is 71.9 Å². The lowest BCUT2D eigenvalue weighted by atomic mass is 9.76. The van der Waals surface area contributed by atoms with E-state index >= 15 is 0 Å². The predicted octanol–water partition coefficient (Wildman–Crippen LogP) is 12.5. The van der Waals surface area contributed by atoms with Gasteiger partial charge in [-0.3, -0.25) is 0 Å². The van der Waals surface area contributed by atoms with Gasteiger partial charge in [-0.05, 0) is 159 Å². The Bertz CT molecular complexity index is 3160. The molecule has 7 saturated heterocycles. The Hall–Kier alpha value is -5.59. The van der Waals surface area contributed by atoms with Crippen molar-refractivity contribution in [3.8, 4) is 11.1 Å². The van der Waals surface area contributed by atoms with Crippen molar-refractivity contribution in [2.24, 2.45) is 23.7 Å². The van der Waals surface area contributed by atoms with Crippen LogP contribution in [0.3, 0.4) is 0 Å². The van der Waals surface area contributed by atoms with Gasteiger partial charge < -0.3 is 58.8 Å². The van der Waals surface area contributed by atoms with Gasteiger partial charge in [0.05, 0.1) is 50.7 Å². The zero-order valence-corrected chi connectivity index (χ0v) is 54.1. The van der Waals surface area contributed by atoms with E-state index in [0.717, 1.165) is 50.2 Å². The number of hydrogen-bond acceptors (Lipinski definition) is 12. The fraction of sp³-hybridized carbons (Fsp3) is 0.613. The molecule has 494 valence electrons. The summed E-state index contributed by atoms with van der Waals surface area (Å²) in [5.41, 5.74) is 4.36. The number of benzene rings is 2. The highest BCUT2D eigenvalue weighted by molar-refractivity contribution is 14.1. The SMILES string of the molecule is CC1CN(c2cc(I)cc(N3CCOCC3)n2)CC1(F)F.Cc1ccc(NC(=O)N2CC[C@@H](CC(F)(F)F)C2)cc1-c1cc(N2CCOCC2)nc(N2CC(C)C(F)(F)C2)c1.Cc1ccc(NC(=O)N2CC[C@@H](CC(F)(F)F)C2)cc1B1OC(C)(C)C(C)(C)O1. The second-order valence-corrected chi connectivity index (χ2v) is 27.0. The molecule has 0 radical (unpaired) electrons. The van der Waals surface area contributed by atoms with Crippen LogP contribution < -0.4 is 35.7 Å². The van der Waals surface area contributed by atoms with Crippen LogP contribution in [0.1, 0.15) is 78.4 Å². The molecule has 0 spiro atoms. The molecule has 2 N–H and O–H groups in total. The molecule has 2 unspecified atom stereocenters. The van der Waals surface area contributed by atoms with Crippen LogP contribution >= 0.6 is 22.6 Å². The summed E-state index contributed by atoms with van der Waals surface area (Å²) in [4.78, 5) is 45.1. The molecule has 0 bridgehead atoms. The molecule has 7 aliphatic heterocycles. The number of aromatic nitrogens is 2. The van der Waals surface area contributed by atoms with E-state index in [2.05, 4.69) is 48.0 Å². The molecular formula is C62H80BF10IN10O6. The van der Waals surface area contributed by atoms with Crippen molar-refractivity contribution < 1.29 is 72.3 Å². The molecule has 4 aromatic rings. The monoisotopic (exact) mass is 1390 g/mol. The molecular weight excluding hydrogens is 1310 g/mol. The summed E-state index contributed by atoms with van der Waals surface area (Å²) < 4.78 is 156. The number of carbonyl (C=O) groups is 2. The summed E-state index contributed by atoms with van der Waals surface area (Å²) in [6, 6.07) is 17.6. The molecule has 11 rings (SSSR count). The van der Waals surface area contributed by atoms with E-state index in [1.54, 1.807) is 47.1 Å². The lowest BCUT2D eigenvalue weighted by Gasteiger charge is -2.32.